The molecule has 5 aromatic rings. The average molecular weight is 569 g/mol. The summed E-state index contributed by atoms with van der Waals surface area (Å²) in [5.41, 5.74) is 7.10. The summed E-state index contributed by atoms with van der Waals surface area (Å²) in [7, 11) is 0. The van der Waals surface area contributed by atoms with E-state index in [1.54, 1.807) is 12.3 Å². The van der Waals surface area contributed by atoms with E-state index in [0.717, 1.165) is 66.1 Å². The van der Waals surface area contributed by atoms with E-state index in [-0.39, 0.29) is 29.7 Å². The number of nitrogens with zero attached hydrogens (tertiary/aromatic N) is 5. The molecule has 6 heteroatoms. The van der Waals surface area contributed by atoms with Gasteiger partial charge in [-0.1, -0.05) is 36.3 Å². The van der Waals surface area contributed by atoms with Gasteiger partial charge in [-0.15, -0.1) is 0 Å². The molecule has 2 aromatic heterocycles. The first-order valence-electron chi connectivity index (χ1n) is 17.0. The maximum Gasteiger partial charge on any atom is 0.196 e. The van der Waals surface area contributed by atoms with Crippen LogP contribution in [0, 0.1) is 20.4 Å². The number of rotatable bonds is 5. The third kappa shape index (κ3) is 5.19. The number of aromatic nitrogens is 2. The van der Waals surface area contributed by atoms with Crippen LogP contribution in [0.15, 0.2) is 91.1 Å². The number of ether oxygens (including phenoxy) is 1. The van der Waals surface area contributed by atoms with Crippen molar-refractivity contribution in [2.24, 2.45) is 0 Å². The highest BCUT2D eigenvalue weighted by Crippen LogP contribution is 2.44. The highest BCUT2D eigenvalue weighted by Gasteiger charge is 2.25. The van der Waals surface area contributed by atoms with Crippen LogP contribution < -0.4 is 14.5 Å². The van der Waals surface area contributed by atoms with Crippen LogP contribution in [-0.4, -0.2) is 23.1 Å². The van der Waals surface area contributed by atoms with Crippen LogP contribution in [0.1, 0.15) is 41.9 Å². The highest BCUT2D eigenvalue weighted by atomic mass is 16.5. The van der Waals surface area contributed by atoms with Gasteiger partial charge >= 0.3 is 0 Å². The zero-order valence-corrected chi connectivity index (χ0v) is 24.2. The van der Waals surface area contributed by atoms with Gasteiger partial charge in [0.1, 0.15) is 23.1 Å². The maximum atomic E-state index is 8.43. The first kappa shape index (κ1) is 21.5. The fourth-order valence-corrected chi connectivity index (χ4v) is 6.04. The first-order valence-corrected chi connectivity index (χ1v) is 14.5. The molecule has 2 aliphatic rings. The normalized spacial score (nSPS) is 15.7. The summed E-state index contributed by atoms with van der Waals surface area (Å²) in [6, 6.07) is 14.2. The molecule has 0 amide bonds. The largest absolute Gasteiger partial charge is 0.459 e. The molecule has 0 saturated carbocycles. The van der Waals surface area contributed by atoms with Crippen LogP contribution in [0.3, 0.4) is 0 Å². The van der Waals surface area contributed by atoms with Crippen molar-refractivity contribution < 1.29 is 11.6 Å². The van der Waals surface area contributed by atoms with Crippen molar-refractivity contribution in [3.05, 3.63) is 125 Å². The fourth-order valence-electron chi connectivity index (χ4n) is 6.04. The molecule has 6 nitrogen and oxygen atoms in total. The second kappa shape index (κ2) is 11.3. The Kier molecular flexibility index (Phi) is 5.64. The molecular formula is C37H33N5O. The van der Waals surface area contributed by atoms with Gasteiger partial charge in [-0.3, -0.25) is 0 Å². The van der Waals surface area contributed by atoms with Gasteiger partial charge in [-0.05, 0) is 97.7 Å². The van der Waals surface area contributed by atoms with E-state index in [1.165, 1.54) is 5.56 Å². The van der Waals surface area contributed by atoms with Crippen molar-refractivity contribution in [3.63, 3.8) is 0 Å². The van der Waals surface area contributed by atoms with Crippen LogP contribution >= 0.6 is 0 Å². The lowest BCUT2D eigenvalue weighted by molar-refractivity contribution is 0.482. The average Bonchev–Trinajstić information content (AvgIpc) is 3.09. The molecule has 0 fully saturated rings. The minimum absolute atomic E-state index is 0.129. The Labute approximate surface area is 260 Å². The smallest absolute Gasteiger partial charge is 0.196 e. The van der Waals surface area contributed by atoms with E-state index < -0.39 is 6.04 Å². The molecule has 0 spiro atoms. The molecular weight excluding hydrogens is 530 g/mol. The van der Waals surface area contributed by atoms with Gasteiger partial charge in [-0.25, -0.2) is 14.8 Å². The predicted octanol–water partition coefficient (Wildman–Crippen LogP) is 9.27. The first-order chi connectivity index (χ1) is 23.1. The van der Waals surface area contributed by atoms with Gasteiger partial charge in [0.15, 0.2) is 5.69 Å². The Hall–Kier alpha value is -5.15. The Balaban J connectivity index is 1.24. The molecule has 0 bridgehead atoms. The van der Waals surface area contributed by atoms with Crippen LogP contribution in [0.4, 0.5) is 28.7 Å². The lowest BCUT2D eigenvalue weighted by Gasteiger charge is -2.32. The molecule has 43 heavy (non-hydrogen) atoms. The van der Waals surface area contributed by atoms with Crippen molar-refractivity contribution >= 4 is 28.7 Å². The third-order valence-electron chi connectivity index (χ3n) is 8.13. The van der Waals surface area contributed by atoms with Gasteiger partial charge < -0.3 is 14.5 Å². The minimum Gasteiger partial charge on any atom is -0.459 e. The van der Waals surface area contributed by atoms with E-state index in [4.69, 9.17) is 23.1 Å². The Morgan fingerprint density at radius 1 is 0.837 bits per heavy atom. The SMILES string of the molecule is [2H]c1c([2H])c([2H])c(-c2cnc(N3CCCc4c([N+]#[C-])cc(Oc5ccc6c(c5)N(c5cc(C)ccn5)CCC6)cc43)cc2C)c([2H])c1[2H]. The predicted molar refractivity (Wildman–Crippen MR) is 173 cm³/mol. The molecule has 0 aliphatic carbocycles. The topological polar surface area (TPSA) is 45.9 Å². The molecule has 0 unspecified atom stereocenters. The summed E-state index contributed by atoms with van der Waals surface area (Å²) in [6.45, 7) is 13.4. The third-order valence-corrected chi connectivity index (χ3v) is 8.13. The molecule has 0 saturated heterocycles. The Bertz CT molecular complexity index is 2120. The van der Waals surface area contributed by atoms with Gasteiger partial charge in [0.25, 0.3) is 0 Å². The van der Waals surface area contributed by atoms with Gasteiger partial charge in [0.2, 0.25) is 0 Å². The molecule has 0 N–H and O–H groups in total. The van der Waals surface area contributed by atoms with Crippen molar-refractivity contribution in [2.75, 3.05) is 22.9 Å². The fraction of sp³-hybridized carbons (Fsp3) is 0.216. The summed E-state index contributed by atoms with van der Waals surface area (Å²) in [6.07, 6.45) is 7.01. The highest BCUT2D eigenvalue weighted by molar-refractivity contribution is 5.77. The second-order valence-corrected chi connectivity index (χ2v) is 11.0. The number of hydrogen-bond donors (Lipinski definition) is 0. The van der Waals surface area contributed by atoms with Crippen molar-refractivity contribution in [1.29, 1.82) is 0 Å². The van der Waals surface area contributed by atoms with Gasteiger partial charge in [0.05, 0.1) is 13.4 Å². The van der Waals surface area contributed by atoms with Crippen molar-refractivity contribution in [2.45, 2.75) is 39.5 Å². The Morgan fingerprint density at radius 3 is 2.40 bits per heavy atom. The second-order valence-electron chi connectivity index (χ2n) is 11.0. The monoisotopic (exact) mass is 568 g/mol. The molecule has 4 heterocycles. The summed E-state index contributed by atoms with van der Waals surface area (Å²) in [5, 5.41) is 0. The molecule has 0 atom stereocenters. The molecule has 3 aromatic carbocycles. The van der Waals surface area contributed by atoms with Crippen LogP contribution in [-0.2, 0) is 12.8 Å². The number of fused-ring (bicyclic) bond motifs is 2. The molecule has 7 rings (SSSR count). The molecule has 2 aliphatic heterocycles. The summed E-state index contributed by atoms with van der Waals surface area (Å²) >= 11 is 0. The lowest BCUT2D eigenvalue weighted by atomic mass is 9.98. The van der Waals surface area contributed by atoms with Gasteiger partial charge in [0, 0.05) is 54.6 Å². The summed E-state index contributed by atoms with van der Waals surface area (Å²) < 4.78 is 47.5. The number of pyridine rings is 2. The van der Waals surface area contributed by atoms with Crippen LogP contribution in [0.5, 0.6) is 11.5 Å². The Morgan fingerprint density at radius 2 is 1.60 bits per heavy atom. The quantitative estimate of drug-likeness (QED) is 0.198. The van der Waals surface area contributed by atoms with Gasteiger partial charge in [-0.2, -0.15) is 0 Å². The van der Waals surface area contributed by atoms with Crippen molar-refractivity contribution in [3.8, 4) is 22.6 Å². The van der Waals surface area contributed by atoms with Crippen LogP contribution in [0.2, 0.25) is 0 Å². The number of benzene rings is 3. The zero-order valence-electron chi connectivity index (χ0n) is 29.2. The zero-order chi connectivity index (χ0) is 33.7. The number of aryl methyl sites for hydroxylation is 3. The van der Waals surface area contributed by atoms with E-state index in [2.05, 4.69) is 44.8 Å². The number of anilines is 4. The van der Waals surface area contributed by atoms with Crippen molar-refractivity contribution in [1.82, 2.24) is 9.97 Å². The standard InChI is InChI=1S/C37H33N5O/c1-25-15-16-39-36(19-25)41-17-7-11-28-13-14-29(22-34(28)41)43-30-21-33(38-3)31-12-8-18-42(35(31)23-30)37-20-26(2)32(24-40-37)27-9-5-4-6-10-27/h4-6,9-10,13-16,19-24H,7-8,11-12,17-18H2,1-2H3/i4D,5D,6D,9D,10D. The maximum absolute atomic E-state index is 8.43. The number of hydrogen-bond acceptors (Lipinski definition) is 5. The minimum atomic E-state index is -0.425. The molecule has 0 radical (unpaired) electrons. The van der Waals surface area contributed by atoms with E-state index in [0.29, 0.717) is 35.1 Å². The summed E-state index contributed by atoms with van der Waals surface area (Å²) in [5.74, 6) is 2.78. The van der Waals surface area contributed by atoms with E-state index in [9.17, 15) is 0 Å². The lowest BCUT2D eigenvalue weighted by Crippen LogP contribution is -2.25. The summed E-state index contributed by atoms with van der Waals surface area (Å²) in [4.78, 5) is 17.5. The van der Waals surface area contributed by atoms with E-state index >= 15 is 0 Å². The molecule has 212 valence electrons. The van der Waals surface area contributed by atoms with E-state index in [1.807, 2.05) is 37.4 Å². The van der Waals surface area contributed by atoms with Crippen LogP contribution in [0.25, 0.3) is 16.0 Å².